The van der Waals surface area contributed by atoms with E-state index >= 15 is 0 Å². The van der Waals surface area contributed by atoms with Gasteiger partial charge in [0.05, 0.1) is 6.42 Å². The summed E-state index contributed by atoms with van der Waals surface area (Å²) < 4.78 is 5.21. The summed E-state index contributed by atoms with van der Waals surface area (Å²) in [4.78, 5) is 10.7. The zero-order chi connectivity index (χ0) is 11.5. The Hall–Kier alpha value is -1.55. The van der Waals surface area contributed by atoms with Gasteiger partial charge in [-0.2, -0.15) is 0 Å². The number of carbonyl (C=O) groups is 1. The van der Waals surface area contributed by atoms with Gasteiger partial charge in [0.15, 0.2) is 0 Å². The van der Waals surface area contributed by atoms with Gasteiger partial charge in [-0.25, -0.2) is 0 Å². The quantitative estimate of drug-likeness (QED) is 0.794. The number of hydrogen-bond donors (Lipinski definition) is 2. The second-order valence-corrected chi connectivity index (χ2v) is 3.55. The molecule has 15 heavy (non-hydrogen) atoms. The summed E-state index contributed by atoms with van der Waals surface area (Å²) in [5.41, 5.74) is -0.135. The molecule has 0 saturated heterocycles. The van der Waals surface area contributed by atoms with Crippen LogP contribution < -0.4 is 0 Å². The molecule has 1 aromatic carbocycles. The Morgan fingerprint density at radius 2 is 1.93 bits per heavy atom. The topological polar surface area (TPSA) is 66.8 Å². The third-order valence-electron chi connectivity index (χ3n) is 2.42. The number of carboxylic acids is 1. The summed E-state index contributed by atoms with van der Waals surface area (Å²) in [6.07, 6.45) is -0.117. The molecule has 1 atom stereocenters. The van der Waals surface area contributed by atoms with Crippen molar-refractivity contribution in [1.29, 1.82) is 0 Å². The van der Waals surface area contributed by atoms with Crippen LogP contribution >= 0.6 is 0 Å². The van der Waals surface area contributed by atoms with Gasteiger partial charge in [-0.3, -0.25) is 4.79 Å². The molecule has 0 saturated carbocycles. The van der Waals surface area contributed by atoms with Crippen molar-refractivity contribution in [3.8, 4) is 5.75 Å². The van der Waals surface area contributed by atoms with Gasteiger partial charge in [-0.1, -0.05) is 12.1 Å². The zero-order valence-electron chi connectivity index (χ0n) is 8.73. The molecule has 4 nitrogen and oxygen atoms in total. The van der Waals surface area contributed by atoms with Crippen molar-refractivity contribution in [2.75, 3.05) is 7.11 Å². The van der Waals surface area contributed by atoms with Crippen molar-refractivity contribution in [3.63, 3.8) is 0 Å². The normalized spacial score (nSPS) is 14.5. The summed E-state index contributed by atoms with van der Waals surface area (Å²) in [6, 6.07) is 6.33. The van der Waals surface area contributed by atoms with Crippen LogP contribution in [0.5, 0.6) is 5.75 Å². The van der Waals surface area contributed by atoms with Crippen molar-refractivity contribution in [1.82, 2.24) is 0 Å². The third kappa shape index (κ3) is 2.70. The molecule has 0 aliphatic rings. The fraction of sp³-hybridized carbons (Fsp3) is 0.364. The van der Waals surface area contributed by atoms with E-state index < -0.39 is 11.6 Å². The van der Waals surface area contributed by atoms with Gasteiger partial charge in [-0.15, -0.1) is 0 Å². The maximum absolute atomic E-state index is 10.7. The van der Waals surface area contributed by atoms with Crippen LogP contribution in [0.25, 0.3) is 0 Å². The maximum Gasteiger partial charge on any atom is 0.306 e. The molecule has 4 heteroatoms. The summed E-state index contributed by atoms with van der Waals surface area (Å²) in [5, 5.41) is 17.9. The highest BCUT2D eigenvalue weighted by Gasteiger charge is 2.29. The van der Waals surface area contributed by atoms with Gasteiger partial charge in [0.1, 0.15) is 11.4 Å². The zero-order valence-corrected chi connectivity index (χ0v) is 8.73. The predicted molar refractivity (Wildman–Crippen MR) is 54.7 cm³/mol. The lowest BCUT2D eigenvalue weighted by Gasteiger charge is -2.26. The molecular weight excluding hydrogens is 196 g/mol. The largest absolute Gasteiger partial charge is 0.508 e. The summed E-state index contributed by atoms with van der Waals surface area (Å²) >= 11 is 0. The van der Waals surface area contributed by atoms with E-state index in [1.54, 1.807) is 19.1 Å². The average Bonchev–Trinajstić information content (AvgIpc) is 2.17. The molecule has 0 amide bonds. The van der Waals surface area contributed by atoms with Crippen LogP contribution in [0.15, 0.2) is 24.3 Å². The van der Waals surface area contributed by atoms with Gasteiger partial charge in [0.2, 0.25) is 0 Å². The van der Waals surface area contributed by atoms with Gasteiger partial charge in [0, 0.05) is 7.11 Å². The molecule has 0 aliphatic heterocycles. The van der Waals surface area contributed by atoms with Crippen LogP contribution in [0.1, 0.15) is 18.9 Å². The Morgan fingerprint density at radius 1 is 1.40 bits per heavy atom. The molecule has 2 N–H and O–H groups in total. The van der Waals surface area contributed by atoms with Gasteiger partial charge in [-0.05, 0) is 24.6 Å². The van der Waals surface area contributed by atoms with E-state index in [2.05, 4.69) is 0 Å². The number of benzene rings is 1. The lowest BCUT2D eigenvalue weighted by molar-refractivity contribution is -0.143. The van der Waals surface area contributed by atoms with Crippen LogP contribution in [0.3, 0.4) is 0 Å². The molecule has 0 heterocycles. The van der Waals surface area contributed by atoms with E-state index in [0.717, 1.165) is 5.56 Å². The first-order chi connectivity index (χ1) is 6.98. The lowest BCUT2D eigenvalue weighted by Crippen LogP contribution is -2.27. The first kappa shape index (κ1) is 11.5. The number of rotatable bonds is 4. The molecule has 1 rings (SSSR count). The number of carboxylic acid groups (broad SMARTS) is 1. The number of hydrogen-bond acceptors (Lipinski definition) is 3. The van der Waals surface area contributed by atoms with E-state index in [9.17, 15) is 4.79 Å². The van der Waals surface area contributed by atoms with E-state index in [1.165, 1.54) is 19.2 Å². The number of ether oxygens (including phenoxy) is 1. The molecule has 0 radical (unpaired) electrons. The van der Waals surface area contributed by atoms with Crippen LogP contribution in [0.4, 0.5) is 0 Å². The van der Waals surface area contributed by atoms with Crippen molar-refractivity contribution < 1.29 is 19.7 Å². The fourth-order valence-corrected chi connectivity index (χ4v) is 1.39. The van der Waals surface area contributed by atoms with Crippen LogP contribution in [-0.4, -0.2) is 23.3 Å². The molecule has 0 spiro atoms. The summed E-state index contributed by atoms with van der Waals surface area (Å²) in [7, 11) is 1.47. The second-order valence-electron chi connectivity index (χ2n) is 3.55. The summed E-state index contributed by atoms with van der Waals surface area (Å²) in [6.45, 7) is 1.70. The van der Waals surface area contributed by atoms with Crippen molar-refractivity contribution in [3.05, 3.63) is 29.8 Å². The smallest absolute Gasteiger partial charge is 0.306 e. The molecule has 0 aliphatic carbocycles. The highest BCUT2D eigenvalue weighted by atomic mass is 16.5. The first-order valence-corrected chi connectivity index (χ1v) is 4.54. The molecule has 0 bridgehead atoms. The Labute approximate surface area is 88.1 Å². The van der Waals surface area contributed by atoms with Gasteiger partial charge >= 0.3 is 5.97 Å². The third-order valence-corrected chi connectivity index (χ3v) is 2.42. The van der Waals surface area contributed by atoms with Crippen molar-refractivity contribution in [2.24, 2.45) is 0 Å². The predicted octanol–water partition coefficient (Wildman–Crippen LogP) is 1.73. The monoisotopic (exact) mass is 210 g/mol. The second kappa shape index (κ2) is 4.31. The average molecular weight is 210 g/mol. The van der Waals surface area contributed by atoms with Crippen molar-refractivity contribution >= 4 is 5.97 Å². The van der Waals surface area contributed by atoms with E-state index in [0.29, 0.717) is 0 Å². The number of aromatic hydroxyl groups is 1. The first-order valence-electron chi connectivity index (χ1n) is 4.54. The SMILES string of the molecule is COC(C)(CC(=O)O)c1ccc(O)cc1. The molecule has 0 aromatic heterocycles. The van der Waals surface area contributed by atoms with E-state index in [-0.39, 0.29) is 12.2 Å². The minimum absolute atomic E-state index is 0.117. The Kier molecular flexibility index (Phi) is 3.31. The van der Waals surface area contributed by atoms with Crippen LogP contribution in [0.2, 0.25) is 0 Å². The number of phenolic OH excluding ortho intramolecular Hbond substituents is 1. The van der Waals surface area contributed by atoms with Gasteiger partial charge in [0.25, 0.3) is 0 Å². The highest BCUT2D eigenvalue weighted by molar-refractivity contribution is 5.68. The Bertz CT molecular complexity index is 344. The highest BCUT2D eigenvalue weighted by Crippen LogP contribution is 2.29. The molecular formula is C11H14O4. The van der Waals surface area contributed by atoms with Crippen LogP contribution in [-0.2, 0) is 15.1 Å². The minimum Gasteiger partial charge on any atom is -0.508 e. The fourth-order valence-electron chi connectivity index (χ4n) is 1.39. The summed E-state index contributed by atoms with van der Waals surface area (Å²) in [5.74, 6) is -0.778. The van der Waals surface area contributed by atoms with Crippen molar-refractivity contribution in [2.45, 2.75) is 18.9 Å². The minimum atomic E-state index is -0.924. The van der Waals surface area contributed by atoms with E-state index in [4.69, 9.17) is 14.9 Å². The molecule has 1 unspecified atom stereocenters. The Morgan fingerprint density at radius 3 is 2.33 bits per heavy atom. The maximum atomic E-state index is 10.7. The molecule has 1 aromatic rings. The number of aliphatic carboxylic acids is 1. The Balaban J connectivity index is 3.00. The number of phenols is 1. The number of methoxy groups -OCH3 is 1. The van der Waals surface area contributed by atoms with Crippen LogP contribution in [0, 0.1) is 0 Å². The standard InChI is InChI=1S/C11H14O4/c1-11(15-2,7-10(13)14)8-3-5-9(12)6-4-8/h3-6,12H,7H2,1-2H3,(H,13,14). The van der Waals surface area contributed by atoms with E-state index in [1.807, 2.05) is 0 Å². The molecule has 0 fully saturated rings. The lowest BCUT2D eigenvalue weighted by atomic mass is 9.92. The van der Waals surface area contributed by atoms with Gasteiger partial charge < -0.3 is 14.9 Å². The molecule has 82 valence electrons.